The number of nitrogens with zero attached hydrogens (tertiary/aromatic N) is 2. The number of aromatic nitrogens is 2. The molecule has 214 valence electrons. The Morgan fingerprint density at radius 1 is 0.929 bits per heavy atom. The van der Waals surface area contributed by atoms with E-state index >= 15 is 0 Å². The number of hydrogen-bond donors (Lipinski definition) is 2. The van der Waals surface area contributed by atoms with Gasteiger partial charge in [-0.15, -0.1) is 0 Å². The SMILES string of the molecule is COc1ccc(C(=O)Nc2ccc(C#CCn3c(Cl)c(NC(=O)CCc4ccc(C)cc4)c(=O)n(C)c3=O)cc2)cc1. The van der Waals surface area contributed by atoms with Gasteiger partial charge in [-0.05, 0) is 67.4 Å². The van der Waals surface area contributed by atoms with Crippen LogP contribution in [0.5, 0.6) is 5.75 Å². The fourth-order valence-electron chi connectivity index (χ4n) is 4.00. The van der Waals surface area contributed by atoms with Gasteiger partial charge in [-0.1, -0.05) is 53.3 Å². The molecule has 3 aromatic carbocycles. The molecule has 0 aliphatic carbocycles. The Labute approximate surface area is 247 Å². The van der Waals surface area contributed by atoms with Crippen LogP contribution in [0.1, 0.15) is 33.5 Å². The molecule has 0 fully saturated rings. The quantitative estimate of drug-likeness (QED) is 0.236. The second kappa shape index (κ2) is 13.5. The van der Waals surface area contributed by atoms with E-state index in [1.165, 1.54) is 7.05 Å². The number of ether oxygens (including phenoxy) is 1. The van der Waals surface area contributed by atoms with Gasteiger partial charge < -0.3 is 15.4 Å². The molecule has 0 radical (unpaired) electrons. The fraction of sp³-hybridized carbons (Fsp3) is 0.188. The van der Waals surface area contributed by atoms with Gasteiger partial charge in [0.1, 0.15) is 16.6 Å². The fourth-order valence-corrected chi connectivity index (χ4v) is 4.26. The molecule has 0 aliphatic rings. The van der Waals surface area contributed by atoms with Crippen LogP contribution in [0.25, 0.3) is 0 Å². The van der Waals surface area contributed by atoms with E-state index in [2.05, 4.69) is 22.5 Å². The number of amides is 2. The molecule has 10 heteroatoms. The van der Waals surface area contributed by atoms with Gasteiger partial charge in [-0.25, -0.2) is 4.79 Å². The van der Waals surface area contributed by atoms with Gasteiger partial charge in [0.15, 0.2) is 0 Å². The number of rotatable bonds is 8. The molecule has 0 unspecified atom stereocenters. The normalized spacial score (nSPS) is 10.4. The molecular formula is C32H29ClN4O5. The Kier molecular flexibility index (Phi) is 9.63. The van der Waals surface area contributed by atoms with Gasteiger partial charge in [-0.3, -0.25) is 23.5 Å². The highest BCUT2D eigenvalue weighted by molar-refractivity contribution is 6.32. The highest BCUT2D eigenvalue weighted by atomic mass is 35.5. The number of benzene rings is 3. The van der Waals surface area contributed by atoms with E-state index in [9.17, 15) is 19.2 Å². The Morgan fingerprint density at radius 2 is 1.60 bits per heavy atom. The largest absolute Gasteiger partial charge is 0.497 e. The van der Waals surface area contributed by atoms with E-state index in [-0.39, 0.29) is 29.7 Å². The van der Waals surface area contributed by atoms with Crippen molar-refractivity contribution in [2.75, 3.05) is 17.7 Å². The van der Waals surface area contributed by atoms with Gasteiger partial charge >= 0.3 is 5.69 Å². The first-order chi connectivity index (χ1) is 20.2. The van der Waals surface area contributed by atoms with Crippen LogP contribution in [0, 0.1) is 18.8 Å². The summed E-state index contributed by atoms with van der Waals surface area (Å²) in [7, 11) is 2.87. The highest BCUT2D eigenvalue weighted by Gasteiger charge is 2.18. The topological polar surface area (TPSA) is 111 Å². The predicted molar refractivity (Wildman–Crippen MR) is 163 cm³/mol. The summed E-state index contributed by atoms with van der Waals surface area (Å²) in [5.74, 6) is 5.81. The van der Waals surface area contributed by atoms with Crippen LogP contribution < -0.4 is 26.6 Å². The zero-order valence-electron chi connectivity index (χ0n) is 23.4. The van der Waals surface area contributed by atoms with Gasteiger partial charge in [0.2, 0.25) is 5.91 Å². The van der Waals surface area contributed by atoms with Crippen molar-refractivity contribution in [1.82, 2.24) is 9.13 Å². The molecule has 0 spiro atoms. The predicted octanol–water partition coefficient (Wildman–Crippen LogP) is 4.39. The van der Waals surface area contributed by atoms with E-state index in [1.807, 2.05) is 31.2 Å². The summed E-state index contributed by atoms with van der Waals surface area (Å²) in [6.45, 7) is 1.87. The van der Waals surface area contributed by atoms with Crippen LogP contribution >= 0.6 is 11.6 Å². The number of methoxy groups -OCH3 is 1. The number of carbonyl (C=O) groups excluding carboxylic acids is 2. The van der Waals surface area contributed by atoms with Crippen LogP contribution in [-0.2, 0) is 24.8 Å². The summed E-state index contributed by atoms with van der Waals surface area (Å²) < 4.78 is 7.11. The lowest BCUT2D eigenvalue weighted by Crippen LogP contribution is -2.40. The van der Waals surface area contributed by atoms with Crippen LogP contribution in [0.15, 0.2) is 82.4 Å². The number of anilines is 2. The minimum absolute atomic E-state index is 0.117. The number of hydrogen-bond acceptors (Lipinski definition) is 5. The summed E-state index contributed by atoms with van der Waals surface area (Å²) in [6, 6.07) is 21.4. The van der Waals surface area contributed by atoms with Gasteiger partial charge in [-0.2, -0.15) is 0 Å². The first kappa shape index (κ1) is 29.9. The lowest BCUT2D eigenvalue weighted by molar-refractivity contribution is -0.116. The standard InChI is InChI=1S/C32H29ClN4O5/c1-21-6-8-23(9-7-21)12-19-27(38)35-28-29(33)37(32(41)36(2)31(28)40)20-4-5-22-10-15-25(16-11-22)34-30(39)24-13-17-26(42-3)18-14-24/h6-11,13-18H,12,19-20H2,1-3H3,(H,34,39)(H,35,38). The van der Waals surface area contributed by atoms with Crippen molar-refractivity contribution >= 4 is 34.8 Å². The third kappa shape index (κ3) is 7.36. The van der Waals surface area contributed by atoms with E-state index in [1.54, 1.807) is 55.6 Å². The van der Waals surface area contributed by atoms with Crippen molar-refractivity contribution in [3.63, 3.8) is 0 Å². The lowest BCUT2D eigenvalue weighted by Gasteiger charge is -2.13. The van der Waals surface area contributed by atoms with Crippen LogP contribution in [0.2, 0.25) is 5.15 Å². The minimum atomic E-state index is -0.704. The van der Waals surface area contributed by atoms with E-state index in [4.69, 9.17) is 16.3 Å². The van der Waals surface area contributed by atoms with Crippen molar-refractivity contribution in [2.45, 2.75) is 26.3 Å². The van der Waals surface area contributed by atoms with Crippen molar-refractivity contribution < 1.29 is 14.3 Å². The Bertz CT molecular complexity index is 1780. The number of aryl methyl sites for hydroxylation is 2. The molecule has 0 saturated carbocycles. The minimum Gasteiger partial charge on any atom is -0.497 e. The Hall–Kier alpha value is -5.07. The number of halogens is 1. The van der Waals surface area contributed by atoms with Crippen molar-refractivity contribution in [1.29, 1.82) is 0 Å². The van der Waals surface area contributed by atoms with Crippen molar-refractivity contribution in [3.8, 4) is 17.6 Å². The summed E-state index contributed by atoms with van der Waals surface area (Å²) in [5, 5.41) is 5.18. The van der Waals surface area contributed by atoms with Crippen LogP contribution in [0.3, 0.4) is 0 Å². The molecule has 1 heterocycles. The molecule has 2 amide bonds. The smallest absolute Gasteiger partial charge is 0.332 e. The first-order valence-corrected chi connectivity index (χ1v) is 13.4. The average molecular weight is 585 g/mol. The Morgan fingerprint density at radius 3 is 2.24 bits per heavy atom. The molecule has 0 aliphatic heterocycles. The number of nitrogens with one attached hydrogen (secondary N) is 2. The summed E-state index contributed by atoms with van der Waals surface area (Å²) >= 11 is 6.41. The summed E-state index contributed by atoms with van der Waals surface area (Å²) in [4.78, 5) is 50.5. The van der Waals surface area contributed by atoms with Gasteiger partial charge in [0.05, 0.1) is 13.7 Å². The van der Waals surface area contributed by atoms with Crippen molar-refractivity contribution in [2.24, 2.45) is 7.05 Å². The maximum absolute atomic E-state index is 12.7. The maximum Gasteiger partial charge on any atom is 0.332 e. The van der Waals surface area contributed by atoms with E-state index in [0.29, 0.717) is 29.0 Å². The molecule has 9 nitrogen and oxygen atoms in total. The zero-order chi connectivity index (χ0) is 30.2. The number of carbonyl (C=O) groups is 2. The zero-order valence-corrected chi connectivity index (χ0v) is 24.1. The molecule has 42 heavy (non-hydrogen) atoms. The molecule has 0 bridgehead atoms. The molecular weight excluding hydrogens is 556 g/mol. The third-order valence-corrected chi connectivity index (χ3v) is 6.86. The van der Waals surface area contributed by atoms with Crippen LogP contribution in [0.4, 0.5) is 11.4 Å². The molecule has 4 rings (SSSR count). The second-order valence-corrected chi connectivity index (χ2v) is 9.85. The summed E-state index contributed by atoms with van der Waals surface area (Å²) in [6.07, 6.45) is 0.622. The van der Waals surface area contributed by atoms with E-state index < -0.39 is 17.2 Å². The van der Waals surface area contributed by atoms with Gasteiger partial charge in [0.25, 0.3) is 11.5 Å². The molecule has 2 N–H and O–H groups in total. The lowest BCUT2D eigenvalue weighted by atomic mass is 10.1. The maximum atomic E-state index is 12.7. The summed E-state index contributed by atoms with van der Waals surface area (Å²) in [5.41, 5.74) is 2.28. The van der Waals surface area contributed by atoms with Gasteiger partial charge in [0, 0.05) is 30.3 Å². The Balaban J connectivity index is 1.42. The molecule has 0 saturated heterocycles. The molecule has 1 aromatic heterocycles. The second-order valence-electron chi connectivity index (χ2n) is 9.49. The van der Waals surface area contributed by atoms with Crippen molar-refractivity contribution in [3.05, 3.63) is 121 Å². The average Bonchev–Trinajstić information content (AvgIpc) is 3.00. The highest BCUT2D eigenvalue weighted by Crippen LogP contribution is 2.17. The molecule has 4 aromatic rings. The molecule has 0 atom stereocenters. The third-order valence-electron chi connectivity index (χ3n) is 6.47. The van der Waals surface area contributed by atoms with Crippen LogP contribution in [-0.4, -0.2) is 28.1 Å². The monoisotopic (exact) mass is 584 g/mol. The first-order valence-electron chi connectivity index (χ1n) is 13.1. The van der Waals surface area contributed by atoms with E-state index in [0.717, 1.165) is 20.3 Å².